The Balaban J connectivity index is 1.51. The molecule has 2 N–H and O–H groups in total. The molecular weight excluding hydrogens is 290 g/mol. The van der Waals surface area contributed by atoms with E-state index in [1.807, 2.05) is 54.6 Å². The number of ether oxygens (including phenoxy) is 1. The Morgan fingerprint density at radius 3 is 2.17 bits per heavy atom. The zero-order valence-corrected chi connectivity index (χ0v) is 13.0. The first kappa shape index (κ1) is 15.5. The molecule has 0 atom stereocenters. The molecule has 0 aliphatic carbocycles. The van der Waals surface area contributed by atoms with Crippen LogP contribution in [0.25, 0.3) is 0 Å². The van der Waals surface area contributed by atoms with Crippen LogP contribution in [-0.2, 0) is 11.3 Å². The first-order valence-electron chi connectivity index (χ1n) is 7.82. The number of carbonyl (C=O) groups excluding carboxylic acids is 1. The number of carbonyl (C=O) groups is 1. The fourth-order valence-corrected chi connectivity index (χ4v) is 2.53. The highest BCUT2D eigenvalue weighted by Crippen LogP contribution is 2.13. The van der Waals surface area contributed by atoms with E-state index in [0.29, 0.717) is 0 Å². The van der Waals surface area contributed by atoms with E-state index in [0.717, 1.165) is 44.2 Å². The fourth-order valence-electron chi connectivity index (χ4n) is 2.53. The van der Waals surface area contributed by atoms with Crippen LogP contribution < -0.4 is 10.6 Å². The highest BCUT2D eigenvalue weighted by molar-refractivity contribution is 5.99. The number of nitrogens with zero attached hydrogens (tertiary/aromatic N) is 1. The lowest BCUT2D eigenvalue weighted by atomic mass is 10.2. The molecule has 3 rings (SSSR count). The molecule has 2 aromatic carbocycles. The average Bonchev–Trinajstić information content (AvgIpc) is 2.58. The molecule has 0 unspecified atom stereocenters. The van der Waals surface area contributed by atoms with Gasteiger partial charge in [-0.3, -0.25) is 4.90 Å². The fraction of sp³-hybridized carbons (Fsp3) is 0.278. The molecule has 0 aromatic heterocycles. The molecule has 120 valence electrons. The Bertz CT molecular complexity index is 622. The smallest absolute Gasteiger partial charge is 0.323 e. The summed E-state index contributed by atoms with van der Waals surface area (Å²) in [5.74, 6) is 0. The van der Waals surface area contributed by atoms with Crippen LogP contribution >= 0.6 is 0 Å². The van der Waals surface area contributed by atoms with Gasteiger partial charge in [-0.1, -0.05) is 30.3 Å². The van der Waals surface area contributed by atoms with Gasteiger partial charge in [-0.15, -0.1) is 0 Å². The number of rotatable bonds is 4. The number of anilines is 2. The number of para-hydroxylation sites is 1. The maximum absolute atomic E-state index is 11.9. The molecule has 23 heavy (non-hydrogen) atoms. The van der Waals surface area contributed by atoms with Crippen molar-refractivity contribution in [2.45, 2.75) is 6.54 Å². The van der Waals surface area contributed by atoms with Crippen molar-refractivity contribution < 1.29 is 9.53 Å². The largest absolute Gasteiger partial charge is 0.379 e. The second-order valence-corrected chi connectivity index (χ2v) is 5.53. The number of hydrogen-bond acceptors (Lipinski definition) is 3. The lowest BCUT2D eigenvalue weighted by Gasteiger charge is -2.26. The summed E-state index contributed by atoms with van der Waals surface area (Å²) in [6.07, 6.45) is 0. The van der Waals surface area contributed by atoms with Gasteiger partial charge in [0.15, 0.2) is 0 Å². The zero-order valence-electron chi connectivity index (χ0n) is 13.0. The SMILES string of the molecule is O=C(Nc1ccccc1)Nc1ccc(CN2CCOCC2)cc1. The van der Waals surface area contributed by atoms with Crippen molar-refractivity contribution in [2.24, 2.45) is 0 Å². The molecule has 1 fully saturated rings. The third-order valence-electron chi connectivity index (χ3n) is 3.75. The minimum Gasteiger partial charge on any atom is -0.379 e. The molecule has 1 aliphatic heterocycles. The summed E-state index contributed by atoms with van der Waals surface area (Å²) in [7, 11) is 0. The van der Waals surface area contributed by atoms with Crippen LogP contribution in [0.5, 0.6) is 0 Å². The summed E-state index contributed by atoms with van der Waals surface area (Å²) in [4.78, 5) is 14.3. The van der Waals surface area contributed by atoms with Gasteiger partial charge in [0, 0.05) is 31.0 Å². The number of urea groups is 1. The van der Waals surface area contributed by atoms with Crippen LogP contribution in [0.15, 0.2) is 54.6 Å². The standard InChI is InChI=1S/C18H21N3O2/c22-18(19-16-4-2-1-3-5-16)20-17-8-6-15(7-9-17)14-21-10-12-23-13-11-21/h1-9H,10-14H2,(H2,19,20,22). The second-order valence-electron chi connectivity index (χ2n) is 5.53. The molecule has 1 heterocycles. The van der Waals surface area contributed by atoms with Crippen molar-refractivity contribution in [3.63, 3.8) is 0 Å². The van der Waals surface area contributed by atoms with E-state index in [9.17, 15) is 4.79 Å². The monoisotopic (exact) mass is 311 g/mol. The highest BCUT2D eigenvalue weighted by atomic mass is 16.5. The lowest BCUT2D eigenvalue weighted by molar-refractivity contribution is 0.0342. The molecule has 1 saturated heterocycles. The molecule has 5 nitrogen and oxygen atoms in total. The maximum atomic E-state index is 11.9. The minimum atomic E-state index is -0.239. The Morgan fingerprint density at radius 2 is 1.52 bits per heavy atom. The molecule has 0 bridgehead atoms. The summed E-state index contributed by atoms with van der Waals surface area (Å²) in [5.41, 5.74) is 2.79. The third-order valence-corrected chi connectivity index (χ3v) is 3.75. The lowest BCUT2D eigenvalue weighted by Crippen LogP contribution is -2.35. The second kappa shape index (κ2) is 7.76. The van der Waals surface area contributed by atoms with Crippen LogP contribution in [0.3, 0.4) is 0 Å². The van der Waals surface area contributed by atoms with Gasteiger partial charge < -0.3 is 15.4 Å². The quantitative estimate of drug-likeness (QED) is 0.912. The first-order valence-corrected chi connectivity index (χ1v) is 7.82. The van der Waals surface area contributed by atoms with Crippen LogP contribution in [0.1, 0.15) is 5.56 Å². The van der Waals surface area contributed by atoms with Crippen LogP contribution in [0.4, 0.5) is 16.2 Å². The van der Waals surface area contributed by atoms with Crippen LogP contribution in [-0.4, -0.2) is 37.2 Å². The van der Waals surface area contributed by atoms with E-state index in [-0.39, 0.29) is 6.03 Å². The summed E-state index contributed by atoms with van der Waals surface area (Å²) >= 11 is 0. The number of nitrogens with one attached hydrogen (secondary N) is 2. The van der Waals surface area contributed by atoms with E-state index in [4.69, 9.17) is 4.74 Å². The van der Waals surface area contributed by atoms with Gasteiger partial charge in [-0.2, -0.15) is 0 Å². The van der Waals surface area contributed by atoms with Gasteiger partial charge in [-0.25, -0.2) is 4.79 Å². The van der Waals surface area contributed by atoms with Gasteiger partial charge in [-0.05, 0) is 29.8 Å². The molecule has 2 amide bonds. The highest BCUT2D eigenvalue weighted by Gasteiger charge is 2.10. The molecule has 1 aliphatic rings. The molecule has 2 aromatic rings. The summed E-state index contributed by atoms with van der Waals surface area (Å²) in [6.45, 7) is 4.47. The molecule has 0 saturated carbocycles. The summed E-state index contributed by atoms with van der Waals surface area (Å²) in [5, 5.41) is 5.64. The van der Waals surface area contributed by atoms with Crippen LogP contribution in [0.2, 0.25) is 0 Å². The number of morpholine rings is 1. The topological polar surface area (TPSA) is 53.6 Å². The van der Waals surface area contributed by atoms with E-state index >= 15 is 0 Å². The van der Waals surface area contributed by atoms with Gasteiger partial charge in [0.1, 0.15) is 0 Å². The zero-order chi connectivity index (χ0) is 15.9. The minimum absolute atomic E-state index is 0.239. The van der Waals surface area contributed by atoms with Gasteiger partial charge in [0.05, 0.1) is 13.2 Å². The third kappa shape index (κ3) is 4.81. The Morgan fingerprint density at radius 1 is 0.913 bits per heavy atom. The van der Waals surface area contributed by atoms with Gasteiger partial charge in [0.25, 0.3) is 0 Å². The van der Waals surface area contributed by atoms with E-state index in [1.54, 1.807) is 0 Å². The van der Waals surface area contributed by atoms with E-state index in [1.165, 1.54) is 5.56 Å². The first-order chi connectivity index (χ1) is 11.3. The molecule has 0 radical (unpaired) electrons. The Kier molecular flexibility index (Phi) is 5.24. The Labute approximate surface area is 136 Å². The van der Waals surface area contributed by atoms with Crippen molar-refractivity contribution in [1.82, 2.24) is 4.90 Å². The normalized spacial score (nSPS) is 15.1. The predicted octanol–water partition coefficient (Wildman–Crippen LogP) is 3.16. The predicted molar refractivity (Wildman–Crippen MR) is 91.6 cm³/mol. The molecule has 0 spiro atoms. The summed E-state index contributed by atoms with van der Waals surface area (Å²) < 4.78 is 5.35. The number of amides is 2. The van der Waals surface area contributed by atoms with Gasteiger partial charge >= 0.3 is 6.03 Å². The van der Waals surface area contributed by atoms with Crippen LogP contribution in [0, 0.1) is 0 Å². The van der Waals surface area contributed by atoms with Crippen molar-refractivity contribution >= 4 is 17.4 Å². The molecular formula is C18H21N3O2. The van der Waals surface area contributed by atoms with Crippen molar-refractivity contribution in [3.8, 4) is 0 Å². The molecule has 5 heteroatoms. The summed E-state index contributed by atoms with van der Waals surface area (Å²) in [6, 6.07) is 17.1. The van der Waals surface area contributed by atoms with Crippen molar-refractivity contribution in [2.75, 3.05) is 36.9 Å². The average molecular weight is 311 g/mol. The van der Waals surface area contributed by atoms with Crippen molar-refractivity contribution in [3.05, 3.63) is 60.2 Å². The van der Waals surface area contributed by atoms with Gasteiger partial charge in [0.2, 0.25) is 0 Å². The van der Waals surface area contributed by atoms with Crippen molar-refractivity contribution in [1.29, 1.82) is 0 Å². The Hall–Kier alpha value is -2.37. The maximum Gasteiger partial charge on any atom is 0.323 e. The number of hydrogen-bond donors (Lipinski definition) is 2. The number of benzene rings is 2. The van der Waals surface area contributed by atoms with E-state index < -0.39 is 0 Å². The van der Waals surface area contributed by atoms with E-state index in [2.05, 4.69) is 15.5 Å².